The van der Waals surface area contributed by atoms with Gasteiger partial charge >= 0.3 is 0 Å². The lowest BCUT2D eigenvalue weighted by molar-refractivity contribution is -0.114. The summed E-state index contributed by atoms with van der Waals surface area (Å²) in [5, 5.41) is 5.58. The fourth-order valence-electron chi connectivity index (χ4n) is 2.69. The summed E-state index contributed by atoms with van der Waals surface area (Å²) in [6, 6.07) is 22.2. The average molecular weight is 374 g/mol. The number of ether oxygens (including phenoxy) is 1. The Morgan fingerprint density at radius 3 is 2.29 bits per heavy atom. The molecular weight excluding hydrogens is 352 g/mol. The van der Waals surface area contributed by atoms with Crippen LogP contribution < -0.4 is 15.4 Å². The number of rotatable bonds is 6. The zero-order valence-electron chi connectivity index (χ0n) is 15.9. The molecule has 0 aliphatic heterocycles. The average Bonchev–Trinajstić information content (AvgIpc) is 2.69. The van der Waals surface area contributed by atoms with Gasteiger partial charge in [-0.1, -0.05) is 36.4 Å². The molecule has 0 spiro atoms. The molecule has 0 aliphatic rings. The number of anilines is 2. The molecule has 0 bridgehead atoms. The maximum absolute atomic E-state index is 12.6. The Labute approximate surface area is 164 Å². The molecule has 5 nitrogen and oxygen atoms in total. The summed E-state index contributed by atoms with van der Waals surface area (Å²) in [6.45, 7) is 3.83. The Morgan fingerprint density at radius 1 is 0.893 bits per heavy atom. The van der Waals surface area contributed by atoms with Crippen molar-refractivity contribution in [3.05, 3.63) is 89.5 Å². The van der Waals surface area contributed by atoms with Gasteiger partial charge in [0.15, 0.2) is 0 Å². The lowest BCUT2D eigenvalue weighted by Crippen LogP contribution is -2.13. The highest BCUT2D eigenvalue weighted by molar-refractivity contribution is 6.05. The van der Waals surface area contributed by atoms with Gasteiger partial charge < -0.3 is 15.4 Å². The van der Waals surface area contributed by atoms with Gasteiger partial charge in [0.2, 0.25) is 5.91 Å². The maximum Gasteiger partial charge on any atom is 0.255 e. The Balaban J connectivity index is 1.72. The first-order valence-electron chi connectivity index (χ1n) is 8.97. The van der Waals surface area contributed by atoms with E-state index in [4.69, 9.17) is 4.74 Å². The van der Waals surface area contributed by atoms with Crippen molar-refractivity contribution >= 4 is 23.2 Å². The second-order valence-electron chi connectivity index (χ2n) is 6.49. The predicted octanol–water partition coefficient (Wildman–Crippen LogP) is 4.78. The lowest BCUT2D eigenvalue weighted by atomic mass is 10.1. The summed E-state index contributed by atoms with van der Waals surface area (Å²) in [5.74, 6) is 0.215. The van der Waals surface area contributed by atoms with Gasteiger partial charge in [-0.15, -0.1) is 0 Å². The van der Waals surface area contributed by atoms with Gasteiger partial charge in [-0.25, -0.2) is 0 Å². The van der Waals surface area contributed by atoms with Crippen molar-refractivity contribution in [1.29, 1.82) is 0 Å². The highest BCUT2D eigenvalue weighted by atomic mass is 16.5. The van der Waals surface area contributed by atoms with E-state index in [1.807, 2.05) is 55.5 Å². The molecule has 0 saturated carbocycles. The van der Waals surface area contributed by atoms with E-state index in [9.17, 15) is 9.59 Å². The minimum Gasteiger partial charge on any atom is -0.487 e. The Bertz CT molecular complexity index is 967. The van der Waals surface area contributed by atoms with Gasteiger partial charge in [-0.05, 0) is 54.4 Å². The third-order valence-corrected chi connectivity index (χ3v) is 4.09. The van der Waals surface area contributed by atoms with Crippen LogP contribution in [0.3, 0.4) is 0 Å². The second kappa shape index (κ2) is 8.86. The van der Waals surface area contributed by atoms with E-state index in [1.165, 1.54) is 6.92 Å². The SMILES string of the molecule is CC(=O)Nc1ccc(C(=O)Nc2ccc(C)cc2OCc2ccccc2)cc1. The van der Waals surface area contributed by atoms with E-state index in [1.54, 1.807) is 24.3 Å². The molecule has 0 fully saturated rings. The van der Waals surface area contributed by atoms with Crippen molar-refractivity contribution < 1.29 is 14.3 Å². The third-order valence-electron chi connectivity index (χ3n) is 4.09. The summed E-state index contributed by atoms with van der Waals surface area (Å²) in [4.78, 5) is 23.7. The molecule has 2 amide bonds. The van der Waals surface area contributed by atoms with Crippen LogP contribution in [0.2, 0.25) is 0 Å². The lowest BCUT2D eigenvalue weighted by Gasteiger charge is -2.14. The van der Waals surface area contributed by atoms with Crippen LogP contribution in [0.4, 0.5) is 11.4 Å². The predicted molar refractivity (Wildman–Crippen MR) is 111 cm³/mol. The standard InChI is InChI=1S/C23H22N2O3/c1-16-8-13-21(22(14-16)28-15-18-6-4-3-5-7-18)25-23(27)19-9-11-20(12-10-19)24-17(2)26/h3-14H,15H2,1-2H3,(H,24,26)(H,25,27). The fraction of sp³-hybridized carbons (Fsp3) is 0.130. The second-order valence-corrected chi connectivity index (χ2v) is 6.49. The quantitative estimate of drug-likeness (QED) is 0.652. The van der Waals surface area contributed by atoms with Crippen LogP contribution in [0.5, 0.6) is 5.75 Å². The number of hydrogen-bond donors (Lipinski definition) is 2. The number of carbonyl (C=O) groups excluding carboxylic acids is 2. The summed E-state index contributed by atoms with van der Waals surface area (Å²) in [7, 11) is 0. The zero-order chi connectivity index (χ0) is 19.9. The number of benzene rings is 3. The zero-order valence-corrected chi connectivity index (χ0v) is 15.9. The van der Waals surface area contributed by atoms with Crippen molar-refractivity contribution in [2.45, 2.75) is 20.5 Å². The summed E-state index contributed by atoms with van der Waals surface area (Å²) >= 11 is 0. The van der Waals surface area contributed by atoms with E-state index < -0.39 is 0 Å². The van der Waals surface area contributed by atoms with Crippen molar-refractivity contribution in [2.75, 3.05) is 10.6 Å². The van der Waals surface area contributed by atoms with Gasteiger partial charge in [0.1, 0.15) is 12.4 Å². The molecule has 0 radical (unpaired) electrons. The third kappa shape index (κ3) is 5.20. The minimum absolute atomic E-state index is 0.155. The van der Waals surface area contributed by atoms with Gasteiger partial charge in [0, 0.05) is 18.2 Å². The van der Waals surface area contributed by atoms with E-state index in [-0.39, 0.29) is 11.8 Å². The molecule has 0 unspecified atom stereocenters. The molecule has 28 heavy (non-hydrogen) atoms. The Morgan fingerprint density at radius 2 is 1.61 bits per heavy atom. The number of carbonyl (C=O) groups is 2. The van der Waals surface area contributed by atoms with E-state index >= 15 is 0 Å². The smallest absolute Gasteiger partial charge is 0.255 e. The molecular formula is C23H22N2O3. The number of amides is 2. The summed E-state index contributed by atoms with van der Waals surface area (Å²) in [6.07, 6.45) is 0. The van der Waals surface area contributed by atoms with Crippen molar-refractivity contribution in [3.63, 3.8) is 0 Å². The Hall–Kier alpha value is -3.60. The van der Waals surface area contributed by atoms with Crippen LogP contribution in [0.15, 0.2) is 72.8 Å². The van der Waals surface area contributed by atoms with Crippen molar-refractivity contribution in [3.8, 4) is 5.75 Å². The number of aryl methyl sites for hydroxylation is 1. The van der Waals surface area contributed by atoms with Gasteiger partial charge in [0.05, 0.1) is 5.69 Å². The summed E-state index contributed by atoms with van der Waals surface area (Å²) < 4.78 is 5.94. The maximum atomic E-state index is 12.6. The van der Waals surface area contributed by atoms with Crippen LogP contribution in [0, 0.1) is 6.92 Å². The number of nitrogens with one attached hydrogen (secondary N) is 2. The fourth-order valence-corrected chi connectivity index (χ4v) is 2.69. The molecule has 3 aromatic rings. The van der Waals surface area contributed by atoms with Crippen molar-refractivity contribution in [2.24, 2.45) is 0 Å². The first-order valence-corrected chi connectivity index (χ1v) is 8.97. The van der Waals surface area contributed by atoms with Crippen molar-refractivity contribution in [1.82, 2.24) is 0 Å². The molecule has 0 aliphatic carbocycles. The first-order chi connectivity index (χ1) is 13.5. The van der Waals surface area contributed by atoms with E-state index in [0.29, 0.717) is 29.3 Å². The molecule has 0 saturated heterocycles. The molecule has 3 rings (SSSR count). The molecule has 5 heteroatoms. The normalized spacial score (nSPS) is 10.2. The van der Waals surface area contributed by atoms with Gasteiger partial charge in [-0.3, -0.25) is 9.59 Å². The molecule has 0 atom stereocenters. The van der Waals surface area contributed by atoms with Crippen LogP contribution in [0.1, 0.15) is 28.4 Å². The van der Waals surface area contributed by atoms with Crippen LogP contribution in [-0.4, -0.2) is 11.8 Å². The van der Waals surface area contributed by atoms with Crippen LogP contribution in [-0.2, 0) is 11.4 Å². The van der Waals surface area contributed by atoms with Gasteiger partial charge in [0.25, 0.3) is 5.91 Å². The molecule has 0 aromatic heterocycles. The monoisotopic (exact) mass is 374 g/mol. The number of hydrogen-bond acceptors (Lipinski definition) is 3. The Kier molecular flexibility index (Phi) is 6.07. The topological polar surface area (TPSA) is 67.4 Å². The van der Waals surface area contributed by atoms with Crippen LogP contribution in [0.25, 0.3) is 0 Å². The molecule has 2 N–H and O–H groups in total. The minimum atomic E-state index is -0.247. The highest BCUT2D eigenvalue weighted by Crippen LogP contribution is 2.27. The largest absolute Gasteiger partial charge is 0.487 e. The molecule has 142 valence electrons. The molecule has 0 heterocycles. The first kappa shape index (κ1) is 19.2. The summed E-state index contributed by atoms with van der Waals surface area (Å²) in [5.41, 5.74) is 3.84. The van der Waals surface area contributed by atoms with Gasteiger partial charge in [-0.2, -0.15) is 0 Å². The van der Waals surface area contributed by atoms with E-state index in [0.717, 1.165) is 11.1 Å². The molecule has 3 aromatic carbocycles. The van der Waals surface area contributed by atoms with Crippen LogP contribution >= 0.6 is 0 Å². The highest BCUT2D eigenvalue weighted by Gasteiger charge is 2.11. The van der Waals surface area contributed by atoms with E-state index in [2.05, 4.69) is 10.6 Å².